The average molecular weight is 341 g/mol. The van der Waals surface area contributed by atoms with E-state index in [4.69, 9.17) is 21.0 Å². The molecule has 126 valence electrons. The molecule has 5 N–H and O–H groups in total. The Balaban J connectivity index is 2.03. The van der Waals surface area contributed by atoms with Crippen LogP contribution in [0, 0.1) is 12.3 Å². The fourth-order valence-corrected chi connectivity index (χ4v) is 3.30. The number of piperidine rings is 1. The molecule has 0 radical (unpaired) electrons. The number of anilines is 1. The van der Waals surface area contributed by atoms with Gasteiger partial charge in [-0.1, -0.05) is 11.3 Å². The van der Waals surface area contributed by atoms with Gasteiger partial charge in [-0.2, -0.15) is 0 Å². The lowest BCUT2D eigenvalue weighted by Crippen LogP contribution is -2.43. The van der Waals surface area contributed by atoms with E-state index >= 15 is 0 Å². The molecule has 0 bridgehead atoms. The topological polar surface area (TPSA) is 142 Å². The standard InChI is InChI=1S/C13H19N5O4S/c1-7-10(23-13(16-7)17-12(14)15)11(21)18-4-2-3-8(5-18)22-6-9(19)20/h8H,2-6H2,1H3,(H,19,20)(H4,14,15,16,17). The first-order valence-electron chi connectivity index (χ1n) is 7.08. The molecular formula is C13H19N5O4S. The zero-order valence-electron chi connectivity index (χ0n) is 12.7. The predicted octanol–water partition coefficient (Wildman–Crippen LogP) is 0.463. The molecule has 0 aromatic carbocycles. The Hall–Kier alpha value is -2.20. The molecule has 0 saturated carbocycles. The molecular weight excluding hydrogens is 322 g/mol. The maximum atomic E-state index is 12.6. The van der Waals surface area contributed by atoms with Crippen molar-refractivity contribution >= 4 is 34.3 Å². The van der Waals surface area contributed by atoms with Crippen LogP contribution in [0.4, 0.5) is 5.13 Å². The van der Waals surface area contributed by atoms with Gasteiger partial charge in [-0.05, 0) is 19.8 Å². The number of likely N-dealkylation sites (tertiary alicyclic amines) is 1. The van der Waals surface area contributed by atoms with Crippen molar-refractivity contribution in [2.24, 2.45) is 5.73 Å². The fourth-order valence-electron chi connectivity index (χ4n) is 2.35. The number of hydrogen-bond acceptors (Lipinski definition) is 6. The summed E-state index contributed by atoms with van der Waals surface area (Å²) in [4.78, 5) is 29.5. The maximum absolute atomic E-state index is 12.6. The Morgan fingerprint density at radius 1 is 1.61 bits per heavy atom. The number of nitrogens with two attached hydrogens (primary N) is 1. The number of amides is 1. The molecule has 1 aromatic rings. The van der Waals surface area contributed by atoms with Crippen molar-refractivity contribution in [3.8, 4) is 0 Å². The van der Waals surface area contributed by atoms with E-state index in [1.807, 2.05) is 0 Å². The summed E-state index contributed by atoms with van der Waals surface area (Å²) in [5, 5.41) is 18.8. The quantitative estimate of drug-likeness (QED) is 0.450. The largest absolute Gasteiger partial charge is 0.480 e. The molecule has 23 heavy (non-hydrogen) atoms. The van der Waals surface area contributed by atoms with E-state index in [1.54, 1.807) is 11.8 Å². The van der Waals surface area contributed by atoms with Crippen LogP contribution in [0.5, 0.6) is 0 Å². The van der Waals surface area contributed by atoms with E-state index < -0.39 is 5.97 Å². The number of carbonyl (C=O) groups excluding carboxylic acids is 1. The number of aliphatic carboxylic acids is 1. The van der Waals surface area contributed by atoms with Gasteiger partial charge >= 0.3 is 5.97 Å². The monoisotopic (exact) mass is 341 g/mol. The predicted molar refractivity (Wildman–Crippen MR) is 84.9 cm³/mol. The molecule has 1 aliphatic heterocycles. The fraction of sp³-hybridized carbons (Fsp3) is 0.538. The summed E-state index contributed by atoms with van der Waals surface area (Å²) in [6.45, 7) is 2.31. The van der Waals surface area contributed by atoms with Gasteiger partial charge in [0.2, 0.25) is 0 Å². The van der Waals surface area contributed by atoms with Crippen molar-refractivity contribution in [3.05, 3.63) is 10.6 Å². The van der Waals surface area contributed by atoms with Crippen LogP contribution in [0.25, 0.3) is 0 Å². The van der Waals surface area contributed by atoms with Crippen molar-refractivity contribution in [1.82, 2.24) is 9.88 Å². The highest BCUT2D eigenvalue weighted by Crippen LogP contribution is 2.25. The number of guanidine groups is 1. The summed E-state index contributed by atoms with van der Waals surface area (Å²) in [7, 11) is 0. The summed E-state index contributed by atoms with van der Waals surface area (Å²) in [6.07, 6.45) is 1.22. The van der Waals surface area contributed by atoms with Gasteiger partial charge in [-0.3, -0.25) is 10.2 Å². The second-order valence-electron chi connectivity index (χ2n) is 5.19. The third-order valence-corrected chi connectivity index (χ3v) is 4.40. The lowest BCUT2D eigenvalue weighted by Gasteiger charge is -2.32. The number of hydrogen-bond donors (Lipinski definition) is 4. The van der Waals surface area contributed by atoms with E-state index in [-0.39, 0.29) is 24.6 Å². The number of ether oxygens (including phenoxy) is 1. The third-order valence-electron chi connectivity index (χ3n) is 3.34. The third kappa shape index (κ3) is 4.63. The second kappa shape index (κ2) is 7.38. The van der Waals surface area contributed by atoms with Crippen LogP contribution >= 0.6 is 11.3 Å². The second-order valence-corrected chi connectivity index (χ2v) is 6.19. The van der Waals surface area contributed by atoms with Gasteiger partial charge in [-0.15, -0.1) is 0 Å². The minimum Gasteiger partial charge on any atom is -0.480 e. The lowest BCUT2D eigenvalue weighted by molar-refractivity contribution is -0.145. The number of thiazole rings is 1. The summed E-state index contributed by atoms with van der Waals surface area (Å²) >= 11 is 1.14. The summed E-state index contributed by atoms with van der Waals surface area (Å²) in [6, 6.07) is 0. The van der Waals surface area contributed by atoms with E-state index in [9.17, 15) is 9.59 Å². The Morgan fingerprint density at radius 2 is 2.35 bits per heavy atom. The first-order valence-corrected chi connectivity index (χ1v) is 7.89. The summed E-state index contributed by atoms with van der Waals surface area (Å²) < 4.78 is 5.29. The average Bonchev–Trinajstić information content (AvgIpc) is 2.84. The van der Waals surface area contributed by atoms with Gasteiger partial charge < -0.3 is 25.8 Å². The SMILES string of the molecule is Cc1nc(NC(=N)N)sc1C(=O)N1CCCC(OCC(=O)O)C1. The van der Waals surface area contributed by atoms with Gasteiger partial charge in [0.05, 0.1) is 11.8 Å². The number of aryl methyl sites for hydroxylation is 1. The first kappa shape index (κ1) is 17.2. The van der Waals surface area contributed by atoms with E-state index in [0.29, 0.717) is 28.8 Å². The Morgan fingerprint density at radius 3 is 3.00 bits per heavy atom. The van der Waals surface area contributed by atoms with Gasteiger partial charge in [0.25, 0.3) is 5.91 Å². The molecule has 1 aliphatic rings. The normalized spacial score (nSPS) is 17.8. The highest BCUT2D eigenvalue weighted by Gasteiger charge is 2.28. The van der Waals surface area contributed by atoms with Crippen molar-refractivity contribution in [3.63, 3.8) is 0 Å². The zero-order valence-corrected chi connectivity index (χ0v) is 13.5. The molecule has 1 saturated heterocycles. The highest BCUT2D eigenvalue weighted by molar-refractivity contribution is 7.17. The van der Waals surface area contributed by atoms with Crippen molar-refractivity contribution in [1.29, 1.82) is 5.41 Å². The van der Waals surface area contributed by atoms with E-state index in [2.05, 4.69) is 10.3 Å². The number of carboxylic acid groups (broad SMARTS) is 1. The minimum atomic E-state index is -1.02. The number of rotatable bonds is 5. The van der Waals surface area contributed by atoms with Crippen LogP contribution in [0.3, 0.4) is 0 Å². The highest BCUT2D eigenvalue weighted by atomic mass is 32.1. The van der Waals surface area contributed by atoms with E-state index in [1.165, 1.54) is 0 Å². The van der Waals surface area contributed by atoms with Crippen LogP contribution in [-0.4, -0.2) is 58.6 Å². The van der Waals surface area contributed by atoms with Crippen molar-refractivity contribution < 1.29 is 19.4 Å². The van der Waals surface area contributed by atoms with Crippen LogP contribution in [0.2, 0.25) is 0 Å². The number of nitrogens with zero attached hydrogens (tertiary/aromatic N) is 2. The molecule has 1 amide bonds. The minimum absolute atomic E-state index is 0.166. The molecule has 0 aliphatic carbocycles. The Kier molecular flexibility index (Phi) is 5.50. The van der Waals surface area contributed by atoms with Crippen LogP contribution in [0.15, 0.2) is 0 Å². The van der Waals surface area contributed by atoms with Gasteiger partial charge in [-0.25, -0.2) is 9.78 Å². The molecule has 0 spiro atoms. The van der Waals surface area contributed by atoms with Crippen LogP contribution < -0.4 is 11.1 Å². The zero-order chi connectivity index (χ0) is 17.0. The molecule has 2 heterocycles. The van der Waals surface area contributed by atoms with Gasteiger partial charge in [0, 0.05) is 13.1 Å². The molecule has 2 rings (SSSR count). The molecule has 1 unspecified atom stereocenters. The van der Waals surface area contributed by atoms with Gasteiger partial charge in [0.1, 0.15) is 11.5 Å². The molecule has 1 aromatic heterocycles. The summed E-state index contributed by atoms with van der Waals surface area (Å²) in [5.74, 6) is -1.43. The smallest absolute Gasteiger partial charge is 0.329 e. The lowest BCUT2D eigenvalue weighted by atomic mass is 10.1. The molecule has 10 heteroatoms. The molecule has 9 nitrogen and oxygen atoms in total. The Bertz CT molecular complexity index is 618. The number of nitrogens with one attached hydrogen (secondary N) is 2. The van der Waals surface area contributed by atoms with E-state index in [0.717, 1.165) is 24.2 Å². The Labute approximate surface area is 137 Å². The molecule has 1 fully saturated rings. The number of carboxylic acids is 1. The first-order chi connectivity index (χ1) is 10.9. The van der Waals surface area contributed by atoms with Gasteiger partial charge in [0.15, 0.2) is 11.1 Å². The van der Waals surface area contributed by atoms with Crippen molar-refractivity contribution in [2.45, 2.75) is 25.9 Å². The maximum Gasteiger partial charge on any atom is 0.329 e. The van der Waals surface area contributed by atoms with Crippen molar-refractivity contribution in [2.75, 3.05) is 25.0 Å². The molecule has 1 atom stereocenters. The number of aromatic nitrogens is 1. The summed E-state index contributed by atoms with van der Waals surface area (Å²) in [5.41, 5.74) is 5.82. The van der Waals surface area contributed by atoms with Crippen LogP contribution in [0.1, 0.15) is 28.2 Å². The van der Waals surface area contributed by atoms with Crippen LogP contribution in [-0.2, 0) is 9.53 Å². The number of carbonyl (C=O) groups is 2.